The zero-order chi connectivity index (χ0) is 8.55. The van der Waals surface area contributed by atoms with Crippen molar-refractivity contribution >= 4 is 5.69 Å². The van der Waals surface area contributed by atoms with Gasteiger partial charge in [-0.15, -0.1) is 0 Å². The van der Waals surface area contributed by atoms with Crippen LogP contribution in [-0.4, -0.2) is 6.61 Å². The summed E-state index contributed by atoms with van der Waals surface area (Å²) in [6, 6.07) is 5.08. The van der Waals surface area contributed by atoms with E-state index >= 15 is 0 Å². The highest BCUT2D eigenvalue weighted by Crippen LogP contribution is 2.35. The third-order valence-electron chi connectivity index (χ3n) is 2.00. The summed E-state index contributed by atoms with van der Waals surface area (Å²) in [7, 11) is 0. The predicted molar refractivity (Wildman–Crippen MR) is 44.8 cm³/mol. The first kappa shape index (κ1) is 7.40. The van der Waals surface area contributed by atoms with E-state index in [1.165, 1.54) is 0 Å². The normalized spacial score (nSPS) is 21.2. The van der Waals surface area contributed by atoms with Crippen molar-refractivity contribution in [2.75, 3.05) is 12.3 Å². The zero-order valence-corrected chi connectivity index (χ0v) is 6.59. The predicted octanol–water partition coefficient (Wildman–Crippen LogP) is 2.06. The molecule has 0 saturated carbocycles. The van der Waals surface area contributed by atoms with Gasteiger partial charge in [0.1, 0.15) is 11.9 Å². The van der Waals surface area contributed by atoms with Crippen molar-refractivity contribution < 1.29 is 9.13 Å². The van der Waals surface area contributed by atoms with Gasteiger partial charge in [0.05, 0.1) is 6.61 Å². The second-order valence-electron chi connectivity index (χ2n) is 2.90. The Morgan fingerprint density at radius 2 is 2.33 bits per heavy atom. The number of alkyl halides is 1. The number of halogens is 1. The average Bonchev–Trinajstić information content (AvgIpc) is 2.07. The SMILES string of the molecule is Nc1ccc2c(c1)C(F)CCO2. The number of anilines is 1. The van der Waals surface area contributed by atoms with Crippen LogP contribution < -0.4 is 10.5 Å². The lowest BCUT2D eigenvalue weighted by Gasteiger charge is -2.20. The first-order chi connectivity index (χ1) is 5.77. The average molecular weight is 167 g/mol. The molecule has 3 heteroatoms. The van der Waals surface area contributed by atoms with Crippen molar-refractivity contribution in [1.29, 1.82) is 0 Å². The summed E-state index contributed by atoms with van der Waals surface area (Å²) in [5.74, 6) is 0.628. The van der Waals surface area contributed by atoms with E-state index in [-0.39, 0.29) is 0 Å². The van der Waals surface area contributed by atoms with Crippen molar-refractivity contribution in [1.82, 2.24) is 0 Å². The van der Waals surface area contributed by atoms with E-state index in [0.29, 0.717) is 30.0 Å². The summed E-state index contributed by atoms with van der Waals surface area (Å²) < 4.78 is 18.5. The Labute approximate surface area is 70.1 Å². The number of hydrogen-bond donors (Lipinski definition) is 1. The minimum absolute atomic E-state index is 0.427. The van der Waals surface area contributed by atoms with Crippen molar-refractivity contribution in [3.63, 3.8) is 0 Å². The van der Waals surface area contributed by atoms with Gasteiger partial charge in [0.2, 0.25) is 0 Å². The largest absolute Gasteiger partial charge is 0.493 e. The first-order valence-electron chi connectivity index (χ1n) is 3.93. The zero-order valence-electron chi connectivity index (χ0n) is 6.59. The van der Waals surface area contributed by atoms with Gasteiger partial charge in [-0.3, -0.25) is 0 Å². The van der Waals surface area contributed by atoms with Crippen molar-refractivity contribution in [3.8, 4) is 5.75 Å². The molecule has 1 heterocycles. The third kappa shape index (κ3) is 1.11. The smallest absolute Gasteiger partial charge is 0.132 e. The number of fused-ring (bicyclic) bond motifs is 1. The highest BCUT2D eigenvalue weighted by Gasteiger charge is 2.20. The van der Waals surface area contributed by atoms with Crippen LogP contribution in [0.5, 0.6) is 5.75 Å². The molecule has 2 nitrogen and oxygen atoms in total. The molecule has 0 fully saturated rings. The maximum Gasteiger partial charge on any atom is 0.132 e. The fraction of sp³-hybridized carbons (Fsp3) is 0.333. The molecule has 0 radical (unpaired) electrons. The summed E-state index contributed by atoms with van der Waals surface area (Å²) in [4.78, 5) is 0. The molecule has 2 rings (SSSR count). The Kier molecular flexibility index (Phi) is 1.64. The number of benzene rings is 1. The lowest BCUT2D eigenvalue weighted by molar-refractivity contribution is 0.200. The fourth-order valence-corrected chi connectivity index (χ4v) is 1.37. The lowest BCUT2D eigenvalue weighted by atomic mass is 10.0. The monoisotopic (exact) mass is 167 g/mol. The van der Waals surface area contributed by atoms with Gasteiger partial charge in [-0.05, 0) is 18.2 Å². The Morgan fingerprint density at radius 3 is 3.17 bits per heavy atom. The van der Waals surface area contributed by atoms with Gasteiger partial charge in [0, 0.05) is 17.7 Å². The Morgan fingerprint density at radius 1 is 1.50 bits per heavy atom. The van der Waals surface area contributed by atoms with Gasteiger partial charge in [-0.25, -0.2) is 4.39 Å². The van der Waals surface area contributed by atoms with Crippen LogP contribution in [-0.2, 0) is 0 Å². The molecule has 1 aliphatic heterocycles. The van der Waals surface area contributed by atoms with Crippen LogP contribution in [0.25, 0.3) is 0 Å². The molecule has 2 N–H and O–H groups in total. The molecule has 0 spiro atoms. The summed E-state index contributed by atoms with van der Waals surface area (Å²) in [6.45, 7) is 0.456. The minimum atomic E-state index is -0.919. The van der Waals surface area contributed by atoms with E-state index in [9.17, 15) is 4.39 Å². The van der Waals surface area contributed by atoms with Crippen LogP contribution in [0, 0.1) is 0 Å². The molecular weight excluding hydrogens is 157 g/mol. The third-order valence-corrected chi connectivity index (χ3v) is 2.00. The van der Waals surface area contributed by atoms with Gasteiger partial charge in [-0.2, -0.15) is 0 Å². The van der Waals surface area contributed by atoms with E-state index in [2.05, 4.69) is 0 Å². The molecule has 0 aromatic heterocycles. The molecule has 0 amide bonds. The Balaban J connectivity index is 2.47. The lowest BCUT2D eigenvalue weighted by Crippen LogP contribution is -2.11. The van der Waals surface area contributed by atoms with Crippen LogP contribution >= 0.6 is 0 Å². The second kappa shape index (κ2) is 2.66. The number of nitrogens with two attached hydrogens (primary N) is 1. The molecule has 0 bridgehead atoms. The van der Waals surface area contributed by atoms with Gasteiger partial charge >= 0.3 is 0 Å². The molecule has 1 aliphatic rings. The summed E-state index contributed by atoms with van der Waals surface area (Å²) >= 11 is 0. The maximum atomic E-state index is 13.2. The summed E-state index contributed by atoms with van der Waals surface area (Å²) in [6.07, 6.45) is -0.492. The number of ether oxygens (including phenoxy) is 1. The first-order valence-corrected chi connectivity index (χ1v) is 3.93. The second-order valence-corrected chi connectivity index (χ2v) is 2.90. The van der Waals surface area contributed by atoms with Gasteiger partial charge in [-0.1, -0.05) is 0 Å². The standard InChI is InChI=1S/C9H10FNO/c10-8-3-4-12-9-2-1-6(11)5-7(8)9/h1-2,5,8H,3-4,11H2. The van der Waals surface area contributed by atoms with Crippen molar-refractivity contribution in [2.45, 2.75) is 12.6 Å². The van der Waals surface area contributed by atoms with Crippen LogP contribution in [0.3, 0.4) is 0 Å². The Hall–Kier alpha value is -1.25. The van der Waals surface area contributed by atoms with Crippen molar-refractivity contribution in [2.24, 2.45) is 0 Å². The topological polar surface area (TPSA) is 35.2 Å². The van der Waals surface area contributed by atoms with Crippen LogP contribution in [0.1, 0.15) is 18.2 Å². The quantitative estimate of drug-likeness (QED) is 0.600. The molecule has 1 aromatic carbocycles. The maximum absolute atomic E-state index is 13.2. The van der Waals surface area contributed by atoms with Gasteiger partial charge in [0.15, 0.2) is 0 Å². The molecule has 64 valence electrons. The van der Waals surface area contributed by atoms with E-state index in [1.807, 2.05) is 0 Å². The van der Waals surface area contributed by atoms with E-state index in [1.54, 1.807) is 18.2 Å². The van der Waals surface area contributed by atoms with E-state index in [4.69, 9.17) is 10.5 Å². The molecule has 1 unspecified atom stereocenters. The van der Waals surface area contributed by atoms with Crippen LogP contribution in [0.2, 0.25) is 0 Å². The van der Waals surface area contributed by atoms with Crippen LogP contribution in [0.4, 0.5) is 10.1 Å². The minimum Gasteiger partial charge on any atom is -0.493 e. The summed E-state index contributed by atoms with van der Waals surface area (Å²) in [5, 5.41) is 0. The van der Waals surface area contributed by atoms with Gasteiger partial charge in [0.25, 0.3) is 0 Å². The number of nitrogen functional groups attached to an aromatic ring is 1. The molecule has 0 saturated heterocycles. The molecule has 12 heavy (non-hydrogen) atoms. The Bertz CT molecular complexity index is 301. The number of hydrogen-bond acceptors (Lipinski definition) is 2. The molecule has 1 aromatic rings. The molecule has 0 aliphatic carbocycles. The summed E-state index contributed by atoms with van der Waals surface area (Å²) in [5.41, 5.74) is 6.69. The van der Waals surface area contributed by atoms with E-state index < -0.39 is 6.17 Å². The van der Waals surface area contributed by atoms with Crippen molar-refractivity contribution in [3.05, 3.63) is 23.8 Å². The van der Waals surface area contributed by atoms with E-state index in [0.717, 1.165) is 0 Å². The highest BCUT2D eigenvalue weighted by molar-refractivity contribution is 5.49. The fourth-order valence-electron chi connectivity index (χ4n) is 1.37. The highest BCUT2D eigenvalue weighted by atomic mass is 19.1. The number of rotatable bonds is 0. The molecular formula is C9H10FNO. The van der Waals surface area contributed by atoms with Crippen LogP contribution in [0.15, 0.2) is 18.2 Å². The molecule has 1 atom stereocenters. The van der Waals surface area contributed by atoms with Gasteiger partial charge < -0.3 is 10.5 Å².